The Morgan fingerprint density at radius 2 is 1.28 bits per heavy atom. The molecule has 0 aliphatic heterocycles. The van der Waals surface area contributed by atoms with Crippen LogP contribution in [-0.2, 0) is 0 Å². The van der Waals surface area contributed by atoms with Crippen molar-refractivity contribution in [1.82, 2.24) is 0 Å². The third-order valence-corrected chi connectivity index (χ3v) is 3.06. The summed E-state index contributed by atoms with van der Waals surface area (Å²) in [6, 6.07) is 3.77. The first kappa shape index (κ1) is 13.2. The van der Waals surface area contributed by atoms with Crippen LogP contribution in [0.3, 0.4) is 0 Å². The average Bonchev–Trinajstić information content (AvgIpc) is 2.31. The number of rotatable bonds is 1. The van der Waals surface area contributed by atoms with Crippen LogP contribution in [0.4, 0.5) is 17.6 Å². The molecule has 0 spiro atoms. The summed E-state index contributed by atoms with van der Waals surface area (Å²) in [6.07, 6.45) is 0. The molecule has 0 nitrogen and oxygen atoms in total. The summed E-state index contributed by atoms with van der Waals surface area (Å²) in [7, 11) is 0. The molecule has 0 atom stereocenters. The zero-order valence-corrected chi connectivity index (χ0v) is 10.1. The van der Waals surface area contributed by atoms with E-state index in [-0.39, 0.29) is 21.7 Å². The maximum absolute atomic E-state index is 13.5. The summed E-state index contributed by atoms with van der Waals surface area (Å²) in [5.74, 6) is -5.91. The maximum Gasteiger partial charge on any atom is 0.169 e. The van der Waals surface area contributed by atoms with E-state index in [1.165, 1.54) is 12.1 Å². The first-order chi connectivity index (χ1) is 8.41. The molecular formula is C12H4Cl2F4. The van der Waals surface area contributed by atoms with E-state index >= 15 is 0 Å². The third-order valence-electron chi connectivity index (χ3n) is 2.32. The molecule has 0 fully saturated rings. The predicted molar refractivity (Wildman–Crippen MR) is 61.7 cm³/mol. The third kappa shape index (κ3) is 2.18. The van der Waals surface area contributed by atoms with Gasteiger partial charge in [0.25, 0.3) is 0 Å². The Labute approximate surface area is 110 Å². The molecule has 18 heavy (non-hydrogen) atoms. The van der Waals surface area contributed by atoms with Crippen molar-refractivity contribution in [3.8, 4) is 11.1 Å². The molecule has 0 amide bonds. The minimum absolute atomic E-state index is 0.0256. The summed E-state index contributed by atoms with van der Waals surface area (Å²) in [4.78, 5) is 0. The van der Waals surface area contributed by atoms with Gasteiger partial charge in [0.05, 0.1) is 15.6 Å². The van der Waals surface area contributed by atoms with Gasteiger partial charge in [0.2, 0.25) is 0 Å². The van der Waals surface area contributed by atoms with E-state index < -0.39 is 28.8 Å². The first-order valence-electron chi connectivity index (χ1n) is 4.70. The van der Waals surface area contributed by atoms with Crippen LogP contribution in [0.1, 0.15) is 0 Å². The fraction of sp³-hybridized carbons (Fsp3) is 0. The van der Waals surface area contributed by atoms with Gasteiger partial charge in [-0.05, 0) is 17.7 Å². The SMILES string of the molecule is Fc1cc(F)c(F)c(-c2ccc(Cl)c(Cl)c2)c1F. The van der Waals surface area contributed by atoms with E-state index in [0.717, 1.165) is 6.07 Å². The Bertz CT molecular complexity index is 600. The molecule has 2 aromatic carbocycles. The molecule has 0 unspecified atom stereocenters. The summed E-state index contributed by atoms with van der Waals surface area (Å²) in [6.45, 7) is 0. The zero-order chi connectivity index (χ0) is 13.4. The van der Waals surface area contributed by atoms with Crippen LogP contribution in [0.25, 0.3) is 11.1 Å². The lowest BCUT2D eigenvalue weighted by atomic mass is 10.0. The topological polar surface area (TPSA) is 0 Å². The molecule has 0 aliphatic rings. The van der Waals surface area contributed by atoms with Gasteiger partial charge in [0.15, 0.2) is 23.3 Å². The number of benzene rings is 2. The Morgan fingerprint density at radius 3 is 1.78 bits per heavy atom. The van der Waals surface area contributed by atoms with E-state index in [1.807, 2.05) is 0 Å². The molecule has 94 valence electrons. The van der Waals surface area contributed by atoms with Crippen LogP contribution in [-0.4, -0.2) is 0 Å². The molecule has 0 heterocycles. The van der Waals surface area contributed by atoms with Crippen molar-refractivity contribution >= 4 is 23.2 Å². The van der Waals surface area contributed by atoms with Gasteiger partial charge in [-0.15, -0.1) is 0 Å². The van der Waals surface area contributed by atoms with Crippen LogP contribution in [0.5, 0.6) is 0 Å². The summed E-state index contributed by atoms with van der Waals surface area (Å²) < 4.78 is 53.1. The highest BCUT2D eigenvalue weighted by Crippen LogP contribution is 2.33. The lowest BCUT2D eigenvalue weighted by molar-refractivity contribution is 0.458. The maximum atomic E-state index is 13.5. The monoisotopic (exact) mass is 294 g/mol. The fourth-order valence-electron chi connectivity index (χ4n) is 1.48. The van der Waals surface area contributed by atoms with Gasteiger partial charge in [-0.1, -0.05) is 29.3 Å². The summed E-state index contributed by atoms with van der Waals surface area (Å²) >= 11 is 11.3. The largest absolute Gasteiger partial charge is 0.204 e. The minimum atomic E-state index is -1.48. The first-order valence-corrected chi connectivity index (χ1v) is 5.46. The van der Waals surface area contributed by atoms with Gasteiger partial charge in [-0.3, -0.25) is 0 Å². The Balaban J connectivity index is 2.74. The molecule has 6 heteroatoms. The summed E-state index contributed by atoms with van der Waals surface area (Å²) in [5.41, 5.74) is -0.913. The van der Waals surface area contributed by atoms with Crippen molar-refractivity contribution in [1.29, 1.82) is 0 Å². The second kappa shape index (κ2) is 4.78. The van der Waals surface area contributed by atoms with Gasteiger partial charge in [0.1, 0.15) is 0 Å². The van der Waals surface area contributed by atoms with Crippen molar-refractivity contribution in [2.24, 2.45) is 0 Å². The van der Waals surface area contributed by atoms with Gasteiger partial charge >= 0.3 is 0 Å². The predicted octanol–water partition coefficient (Wildman–Crippen LogP) is 5.22. The van der Waals surface area contributed by atoms with Crippen molar-refractivity contribution < 1.29 is 17.6 Å². The number of halogens is 6. The number of hydrogen-bond acceptors (Lipinski definition) is 0. The van der Waals surface area contributed by atoms with E-state index in [4.69, 9.17) is 23.2 Å². The van der Waals surface area contributed by atoms with E-state index in [2.05, 4.69) is 0 Å². The lowest BCUT2D eigenvalue weighted by Gasteiger charge is -2.08. The molecule has 0 saturated carbocycles. The Morgan fingerprint density at radius 1 is 0.722 bits per heavy atom. The van der Waals surface area contributed by atoms with Crippen LogP contribution in [0.2, 0.25) is 10.0 Å². The van der Waals surface area contributed by atoms with Crippen LogP contribution in [0, 0.1) is 23.3 Å². The van der Waals surface area contributed by atoms with Crippen LogP contribution in [0.15, 0.2) is 24.3 Å². The second-order valence-corrected chi connectivity index (χ2v) is 4.29. The average molecular weight is 295 g/mol. The zero-order valence-electron chi connectivity index (χ0n) is 8.58. The van der Waals surface area contributed by atoms with Gasteiger partial charge in [0, 0.05) is 6.07 Å². The Kier molecular flexibility index (Phi) is 3.50. The fourth-order valence-corrected chi connectivity index (χ4v) is 1.78. The van der Waals surface area contributed by atoms with E-state index in [0.29, 0.717) is 0 Å². The van der Waals surface area contributed by atoms with Crippen molar-refractivity contribution in [2.75, 3.05) is 0 Å². The lowest BCUT2D eigenvalue weighted by Crippen LogP contribution is -1.98. The molecule has 2 aromatic rings. The molecule has 0 aromatic heterocycles. The molecule has 2 rings (SSSR count). The van der Waals surface area contributed by atoms with E-state index in [1.54, 1.807) is 0 Å². The van der Waals surface area contributed by atoms with Gasteiger partial charge < -0.3 is 0 Å². The van der Waals surface area contributed by atoms with Crippen molar-refractivity contribution in [2.45, 2.75) is 0 Å². The molecule has 0 N–H and O–H groups in total. The molecule has 0 aliphatic carbocycles. The summed E-state index contributed by atoms with van der Waals surface area (Å²) in [5, 5.41) is 0.191. The van der Waals surface area contributed by atoms with Crippen molar-refractivity contribution in [3.05, 3.63) is 57.6 Å². The number of hydrogen-bond donors (Lipinski definition) is 0. The van der Waals surface area contributed by atoms with Crippen molar-refractivity contribution in [3.63, 3.8) is 0 Å². The van der Waals surface area contributed by atoms with Gasteiger partial charge in [-0.2, -0.15) is 0 Å². The second-order valence-electron chi connectivity index (χ2n) is 3.47. The Hall–Kier alpha value is -1.26. The normalized spacial score (nSPS) is 10.8. The minimum Gasteiger partial charge on any atom is -0.204 e. The van der Waals surface area contributed by atoms with Crippen LogP contribution >= 0.6 is 23.2 Å². The highest BCUT2D eigenvalue weighted by atomic mass is 35.5. The smallest absolute Gasteiger partial charge is 0.169 e. The highest BCUT2D eigenvalue weighted by Gasteiger charge is 2.20. The molecular weight excluding hydrogens is 291 g/mol. The molecule has 0 radical (unpaired) electrons. The van der Waals surface area contributed by atoms with Gasteiger partial charge in [-0.25, -0.2) is 17.6 Å². The van der Waals surface area contributed by atoms with E-state index in [9.17, 15) is 17.6 Å². The molecule has 0 bridgehead atoms. The quantitative estimate of drug-likeness (QED) is 0.500. The molecule has 0 saturated heterocycles. The standard InChI is InChI=1S/C12H4Cl2F4/c13-6-2-1-5(3-7(6)14)10-11(17)8(15)4-9(16)12(10)18/h1-4H. The van der Waals surface area contributed by atoms with Crippen LogP contribution < -0.4 is 0 Å². The highest BCUT2D eigenvalue weighted by molar-refractivity contribution is 6.42.